The molecule has 0 aliphatic carbocycles. The first-order valence-electron chi connectivity index (χ1n) is 5.48. The van der Waals surface area contributed by atoms with E-state index in [1.165, 1.54) is 25.1 Å². The summed E-state index contributed by atoms with van der Waals surface area (Å²) in [6.45, 7) is 1.52. The summed E-state index contributed by atoms with van der Waals surface area (Å²) in [5, 5.41) is 21.6. The Labute approximate surface area is 122 Å². The minimum absolute atomic E-state index is 0.169. The molecule has 1 heterocycles. The summed E-state index contributed by atoms with van der Waals surface area (Å²) in [4.78, 5) is 27.6. The maximum atomic E-state index is 11.1. The van der Waals surface area contributed by atoms with Crippen LogP contribution in [0.2, 0.25) is 5.15 Å². The minimum Gasteiger partial charge on any atom is -0.426 e. The third kappa shape index (κ3) is 2.87. The van der Waals surface area contributed by atoms with Crippen LogP contribution in [-0.2, 0) is 0 Å². The molecule has 0 amide bonds. The Morgan fingerprint density at radius 2 is 1.81 bits per heavy atom. The Hall–Kier alpha value is -2.81. The number of para-hydroxylation sites is 1. The lowest BCUT2D eigenvalue weighted by Crippen LogP contribution is -2.01. The molecule has 10 heteroatoms. The monoisotopic (exact) mass is 310 g/mol. The average molecular weight is 311 g/mol. The fraction of sp³-hybridized carbons (Fsp3) is 0.0909. The molecule has 0 N–H and O–H groups in total. The van der Waals surface area contributed by atoms with Crippen LogP contribution >= 0.6 is 11.6 Å². The predicted octanol–water partition coefficient (Wildman–Crippen LogP) is 3.05. The molecule has 9 nitrogen and oxygen atoms in total. The summed E-state index contributed by atoms with van der Waals surface area (Å²) in [5.41, 5.74) is -0.614. The minimum atomic E-state index is -0.820. The van der Waals surface area contributed by atoms with Gasteiger partial charge in [0.05, 0.1) is 9.85 Å². The van der Waals surface area contributed by atoms with Gasteiger partial charge in [0.2, 0.25) is 10.9 Å². The molecule has 0 unspecified atom stereocenters. The van der Waals surface area contributed by atoms with Crippen LogP contribution in [0.15, 0.2) is 24.5 Å². The van der Waals surface area contributed by atoms with E-state index in [9.17, 15) is 20.2 Å². The topological polar surface area (TPSA) is 121 Å². The number of hydrogen-bond donors (Lipinski definition) is 0. The van der Waals surface area contributed by atoms with E-state index in [4.69, 9.17) is 16.3 Å². The van der Waals surface area contributed by atoms with Gasteiger partial charge in [0.25, 0.3) is 0 Å². The van der Waals surface area contributed by atoms with Crippen LogP contribution in [0.4, 0.5) is 11.4 Å². The van der Waals surface area contributed by atoms with Gasteiger partial charge < -0.3 is 4.74 Å². The first kappa shape index (κ1) is 14.6. The summed E-state index contributed by atoms with van der Waals surface area (Å²) < 4.78 is 5.21. The van der Waals surface area contributed by atoms with Crippen LogP contribution in [0.1, 0.15) is 5.56 Å². The van der Waals surface area contributed by atoms with Crippen molar-refractivity contribution in [2.24, 2.45) is 0 Å². The number of rotatable bonds is 4. The molecule has 1 aromatic carbocycles. The molecule has 0 atom stereocenters. The van der Waals surface area contributed by atoms with Gasteiger partial charge in [0.1, 0.15) is 6.33 Å². The largest absolute Gasteiger partial charge is 0.426 e. The standard InChI is InChI=1S/C11H7ClN4O5/c1-6-3-2-4-7(8(6)15(17)18)21-11-9(16(19)20)10(12)13-5-14-11/h2-5H,1H3. The lowest BCUT2D eigenvalue weighted by atomic mass is 10.2. The Morgan fingerprint density at radius 1 is 1.14 bits per heavy atom. The van der Waals surface area contributed by atoms with Crippen molar-refractivity contribution in [3.05, 3.63) is 55.5 Å². The highest BCUT2D eigenvalue weighted by Crippen LogP contribution is 2.38. The number of benzene rings is 1. The van der Waals surface area contributed by atoms with Gasteiger partial charge in [-0.05, 0) is 13.0 Å². The van der Waals surface area contributed by atoms with Crippen LogP contribution in [0.25, 0.3) is 0 Å². The molecule has 2 rings (SSSR count). The normalized spacial score (nSPS) is 10.2. The summed E-state index contributed by atoms with van der Waals surface area (Å²) in [7, 11) is 0. The Morgan fingerprint density at radius 3 is 2.43 bits per heavy atom. The SMILES string of the molecule is Cc1cccc(Oc2ncnc(Cl)c2[N+](=O)[O-])c1[N+](=O)[O-]. The van der Waals surface area contributed by atoms with Crippen molar-refractivity contribution >= 4 is 23.0 Å². The summed E-state index contributed by atoms with van der Waals surface area (Å²) in [6, 6.07) is 4.35. The van der Waals surface area contributed by atoms with E-state index >= 15 is 0 Å². The second kappa shape index (κ2) is 5.67. The van der Waals surface area contributed by atoms with Crippen LogP contribution < -0.4 is 4.74 Å². The van der Waals surface area contributed by atoms with E-state index in [2.05, 4.69) is 9.97 Å². The van der Waals surface area contributed by atoms with Gasteiger partial charge in [-0.3, -0.25) is 20.2 Å². The molecular weight excluding hydrogens is 304 g/mol. The highest BCUT2D eigenvalue weighted by molar-refractivity contribution is 6.31. The molecule has 0 radical (unpaired) electrons. The molecule has 0 saturated heterocycles. The zero-order valence-electron chi connectivity index (χ0n) is 10.5. The molecule has 0 spiro atoms. The number of halogens is 1. The zero-order chi connectivity index (χ0) is 15.6. The van der Waals surface area contributed by atoms with Crippen molar-refractivity contribution in [3.63, 3.8) is 0 Å². The van der Waals surface area contributed by atoms with Crippen molar-refractivity contribution in [2.45, 2.75) is 6.92 Å². The molecule has 0 fully saturated rings. The lowest BCUT2D eigenvalue weighted by molar-refractivity contribution is -0.388. The molecule has 0 saturated carbocycles. The number of nitrogens with zero attached hydrogens (tertiary/aromatic N) is 4. The second-order valence-electron chi connectivity index (χ2n) is 3.86. The smallest absolute Gasteiger partial charge is 0.368 e. The number of hydrogen-bond acceptors (Lipinski definition) is 7. The molecule has 0 bridgehead atoms. The van der Waals surface area contributed by atoms with Gasteiger partial charge in [0, 0.05) is 5.56 Å². The number of aryl methyl sites for hydroxylation is 1. The Bertz CT molecular complexity index is 675. The third-order valence-corrected chi connectivity index (χ3v) is 2.79. The van der Waals surface area contributed by atoms with E-state index in [-0.39, 0.29) is 11.4 Å². The number of nitro groups is 2. The lowest BCUT2D eigenvalue weighted by Gasteiger charge is -2.07. The first-order chi connectivity index (χ1) is 9.91. The van der Waals surface area contributed by atoms with Gasteiger partial charge >= 0.3 is 17.3 Å². The van der Waals surface area contributed by atoms with Crippen LogP contribution in [0.3, 0.4) is 0 Å². The van der Waals surface area contributed by atoms with Gasteiger partial charge in [-0.1, -0.05) is 23.7 Å². The molecule has 0 aliphatic heterocycles. The van der Waals surface area contributed by atoms with Crippen LogP contribution in [-0.4, -0.2) is 19.8 Å². The number of nitro benzene ring substituents is 1. The van der Waals surface area contributed by atoms with Gasteiger partial charge in [0.15, 0.2) is 0 Å². The summed E-state index contributed by atoms with van der Waals surface area (Å²) in [6.07, 6.45) is 0.965. The molecule has 2 aromatic rings. The zero-order valence-corrected chi connectivity index (χ0v) is 11.3. The summed E-state index contributed by atoms with van der Waals surface area (Å²) >= 11 is 5.62. The fourth-order valence-electron chi connectivity index (χ4n) is 1.62. The Kier molecular flexibility index (Phi) is 3.94. The summed E-state index contributed by atoms with van der Waals surface area (Å²) in [5.74, 6) is -0.633. The van der Waals surface area contributed by atoms with E-state index in [0.29, 0.717) is 5.56 Å². The van der Waals surface area contributed by atoms with Gasteiger partial charge in [-0.2, -0.15) is 4.98 Å². The average Bonchev–Trinajstić information content (AvgIpc) is 2.37. The second-order valence-corrected chi connectivity index (χ2v) is 4.21. The van der Waals surface area contributed by atoms with Crippen molar-refractivity contribution in [3.8, 4) is 11.6 Å². The number of aromatic nitrogens is 2. The highest BCUT2D eigenvalue weighted by atomic mass is 35.5. The predicted molar refractivity (Wildman–Crippen MR) is 71.6 cm³/mol. The van der Waals surface area contributed by atoms with Crippen LogP contribution in [0, 0.1) is 27.2 Å². The molecule has 0 aliphatic rings. The molecule has 108 valence electrons. The van der Waals surface area contributed by atoms with E-state index in [1.807, 2.05) is 0 Å². The van der Waals surface area contributed by atoms with Crippen molar-refractivity contribution in [1.29, 1.82) is 0 Å². The maximum absolute atomic E-state index is 11.1. The molecular formula is C11H7ClN4O5. The maximum Gasteiger partial charge on any atom is 0.368 e. The van der Waals surface area contributed by atoms with Gasteiger partial charge in [-0.15, -0.1) is 0 Å². The van der Waals surface area contributed by atoms with Crippen molar-refractivity contribution < 1.29 is 14.6 Å². The fourth-order valence-corrected chi connectivity index (χ4v) is 1.82. The quantitative estimate of drug-likeness (QED) is 0.483. The first-order valence-corrected chi connectivity index (χ1v) is 5.86. The van der Waals surface area contributed by atoms with E-state index in [1.54, 1.807) is 0 Å². The Balaban J connectivity index is 2.54. The highest BCUT2D eigenvalue weighted by Gasteiger charge is 2.27. The van der Waals surface area contributed by atoms with Crippen LogP contribution in [0.5, 0.6) is 11.6 Å². The molecule has 21 heavy (non-hydrogen) atoms. The van der Waals surface area contributed by atoms with Crippen molar-refractivity contribution in [2.75, 3.05) is 0 Å². The van der Waals surface area contributed by atoms with E-state index in [0.717, 1.165) is 6.33 Å². The van der Waals surface area contributed by atoms with Crippen molar-refractivity contribution in [1.82, 2.24) is 9.97 Å². The van der Waals surface area contributed by atoms with E-state index < -0.39 is 26.6 Å². The third-order valence-electron chi connectivity index (χ3n) is 2.52. The number of ether oxygens (including phenoxy) is 1. The molecule has 1 aromatic heterocycles. The van der Waals surface area contributed by atoms with Gasteiger partial charge in [-0.25, -0.2) is 4.98 Å².